The Kier molecular flexibility index (Phi) is 1.14. The number of ketones is 1. The first kappa shape index (κ1) is 5.68. The van der Waals surface area contributed by atoms with E-state index in [1.807, 2.05) is 0 Å². The fourth-order valence-electron chi connectivity index (χ4n) is 0.461. The third-order valence-corrected chi connectivity index (χ3v) is 0.916. The molecule has 9 heavy (non-hydrogen) atoms. The first-order valence-corrected chi connectivity index (χ1v) is 2.23. The summed E-state index contributed by atoms with van der Waals surface area (Å²) in [7, 11) is 0. The number of amides is 1. The molecule has 0 aliphatic carbocycles. The van der Waals surface area contributed by atoms with Gasteiger partial charge in [-0.15, -0.1) is 0 Å². The molecule has 1 N–H and O–H groups in total. The standard InChI is InChI=1S/C5H3NO3/c7-2-3-1-6-5(9)4(3)8/h1-2,7H. The Hall–Kier alpha value is -1.45. The highest BCUT2D eigenvalue weighted by atomic mass is 16.2. The van der Waals surface area contributed by atoms with Gasteiger partial charge in [-0.25, -0.2) is 4.99 Å². The Morgan fingerprint density at radius 1 is 1.56 bits per heavy atom. The van der Waals surface area contributed by atoms with Crippen molar-refractivity contribution in [2.45, 2.75) is 0 Å². The van der Waals surface area contributed by atoms with Gasteiger partial charge in [-0.05, 0) is 0 Å². The van der Waals surface area contributed by atoms with E-state index in [9.17, 15) is 9.59 Å². The molecular formula is C5H3NO3. The van der Waals surface area contributed by atoms with E-state index in [1.54, 1.807) is 0 Å². The zero-order valence-corrected chi connectivity index (χ0v) is 4.37. The molecule has 4 nitrogen and oxygen atoms in total. The van der Waals surface area contributed by atoms with Crippen LogP contribution < -0.4 is 0 Å². The first-order chi connectivity index (χ1) is 4.25. The second kappa shape index (κ2) is 1.81. The fourth-order valence-corrected chi connectivity index (χ4v) is 0.461. The van der Waals surface area contributed by atoms with Crippen molar-refractivity contribution < 1.29 is 14.7 Å². The maximum Gasteiger partial charge on any atom is 0.318 e. The van der Waals surface area contributed by atoms with Crippen molar-refractivity contribution in [1.82, 2.24) is 0 Å². The van der Waals surface area contributed by atoms with Crippen molar-refractivity contribution >= 4 is 17.9 Å². The monoisotopic (exact) mass is 125 g/mol. The molecule has 0 bridgehead atoms. The van der Waals surface area contributed by atoms with Crippen LogP contribution in [0.5, 0.6) is 0 Å². The van der Waals surface area contributed by atoms with Gasteiger partial charge in [0.1, 0.15) is 0 Å². The van der Waals surface area contributed by atoms with Gasteiger partial charge < -0.3 is 5.11 Å². The minimum atomic E-state index is -0.824. The van der Waals surface area contributed by atoms with Crippen molar-refractivity contribution in [3.05, 3.63) is 11.8 Å². The van der Waals surface area contributed by atoms with E-state index in [1.165, 1.54) is 0 Å². The van der Waals surface area contributed by atoms with E-state index in [0.29, 0.717) is 6.26 Å². The molecule has 0 atom stereocenters. The van der Waals surface area contributed by atoms with Crippen molar-refractivity contribution in [2.75, 3.05) is 0 Å². The molecule has 0 saturated carbocycles. The zero-order chi connectivity index (χ0) is 6.85. The van der Waals surface area contributed by atoms with Crippen molar-refractivity contribution in [2.24, 2.45) is 4.99 Å². The second-order valence-electron chi connectivity index (χ2n) is 1.48. The minimum absolute atomic E-state index is 0.0556. The number of carbonyl (C=O) groups excluding carboxylic acids is 2. The lowest BCUT2D eigenvalue weighted by Crippen LogP contribution is -2.06. The minimum Gasteiger partial charge on any atom is -0.515 e. The first-order valence-electron chi connectivity index (χ1n) is 2.23. The highest BCUT2D eigenvalue weighted by molar-refractivity contribution is 6.52. The van der Waals surface area contributed by atoms with Crippen molar-refractivity contribution in [3.8, 4) is 0 Å². The van der Waals surface area contributed by atoms with Gasteiger partial charge in [0.15, 0.2) is 0 Å². The number of Topliss-reactive ketones (excluding diaryl/α,β-unsaturated/α-hetero) is 1. The van der Waals surface area contributed by atoms with E-state index in [-0.39, 0.29) is 5.57 Å². The summed E-state index contributed by atoms with van der Waals surface area (Å²) in [5.41, 5.74) is -0.0556. The van der Waals surface area contributed by atoms with E-state index in [2.05, 4.69) is 4.99 Å². The number of aliphatic hydroxyl groups is 1. The van der Waals surface area contributed by atoms with Gasteiger partial charge in [-0.3, -0.25) is 9.59 Å². The van der Waals surface area contributed by atoms with Gasteiger partial charge in [-0.1, -0.05) is 0 Å². The lowest BCUT2D eigenvalue weighted by atomic mass is 10.2. The molecule has 0 aromatic rings. The predicted octanol–water partition coefficient (Wildman–Crippen LogP) is -0.392. The van der Waals surface area contributed by atoms with Crippen LogP contribution in [0.15, 0.2) is 16.8 Å². The molecule has 1 aliphatic heterocycles. The molecule has 0 aromatic heterocycles. The van der Waals surface area contributed by atoms with Crippen LogP contribution in [0.1, 0.15) is 0 Å². The van der Waals surface area contributed by atoms with Crippen LogP contribution in [-0.4, -0.2) is 23.0 Å². The normalized spacial score (nSPS) is 22.0. The van der Waals surface area contributed by atoms with Gasteiger partial charge in [-0.2, -0.15) is 0 Å². The largest absolute Gasteiger partial charge is 0.515 e. The molecule has 0 radical (unpaired) electrons. The van der Waals surface area contributed by atoms with E-state index in [4.69, 9.17) is 5.11 Å². The lowest BCUT2D eigenvalue weighted by Gasteiger charge is -1.79. The Bertz CT molecular complexity index is 226. The summed E-state index contributed by atoms with van der Waals surface area (Å²) in [5.74, 6) is -1.58. The molecule has 1 heterocycles. The molecule has 0 fully saturated rings. The Morgan fingerprint density at radius 3 is 2.44 bits per heavy atom. The SMILES string of the molecule is O=C1N=CC(=CO)C1=O. The molecule has 0 saturated heterocycles. The summed E-state index contributed by atoms with van der Waals surface area (Å²) >= 11 is 0. The van der Waals surface area contributed by atoms with Gasteiger partial charge in [0.05, 0.1) is 11.8 Å². The number of hydrogen-bond acceptors (Lipinski definition) is 3. The number of nitrogens with zero attached hydrogens (tertiary/aromatic N) is 1. The average molecular weight is 125 g/mol. The molecule has 1 rings (SSSR count). The molecule has 1 aliphatic rings. The molecular weight excluding hydrogens is 122 g/mol. The zero-order valence-electron chi connectivity index (χ0n) is 4.37. The van der Waals surface area contributed by atoms with Crippen LogP contribution in [0.25, 0.3) is 0 Å². The molecule has 1 amide bonds. The van der Waals surface area contributed by atoms with Crippen molar-refractivity contribution in [1.29, 1.82) is 0 Å². The lowest BCUT2D eigenvalue weighted by molar-refractivity contribution is -0.132. The van der Waals surface area contributed by atoms with Gasteiger partial charge in [0, 0.05) is 6.21 Å². The highest BCUT2D eigenvalue weighted by Gasteiger charge is 2.22. The summed E-state index contributed by atoms with van der Waals surface area (Å²) < 4.78 is 0. The van der Waals surface area contributed by atoms with Crippen LogP contribution in [0.2, 0.25) is 0 Å². The molecule has 46 valence electrons. The van der Waals surface area contributed by atoms with Crippen LogP contribution in [0.4, 0.5) is 0 Å². The maximum atomic E-state index is 10.4. The Balaban J connectivity index is 3.00. The van der Waals surface area contributed by atoms with Crippen LogP contribution >= 0.6 is 0 Å². The fraction of sp³-hybridized carbons (Fsp3) is 0. The van der Waals surface area contributed by atoms with Crippen LogP contribution in [-0.2, 0) is 9.59 Å². The van der Waals surface area contributed by atoms with Gasteiger partial charge in [0.2, 0.25) is 0 Å². The average Bonchev–Trinajstić information content (AvgIpc) is 2.15. The number of rotatable bonds is 0. The summed E-state index contributed by atoms with van der Waals surface area (Å²) in [6.45, 7) is 0. The molecule has 0 spiro atoms. The number of aliphatic hydroxyl groups excluding tert-OH is 1. The van der Waals surface area contributed by atoms with Gasteiger partial charge in [0.25, 0.3) is 5.78 Å². The predicted molar refractivity (Wildman–Crippen MR) is 29.2 cm³/mol. The van der Waals surface area contributed by atoms with Crippen LogP contribution in [0.3, 0.4) is 0 Å². The quantitative estimate of drug-likeness (QED) is 0.272. The number of carbonyl (C=O) groups is 2. The topological polar surface area (TPSA) is 66.7 Å². The summed E-state index contributed by atoms with van der Waals surface area (Å²) in [6.07, 6.45) is 1.60. The van der Waals surface area contributed by atoms with Crippen molar-refractivity contribution in [3.63, 3.8) is 0 Å². The van der Waals surface area contributed by atoms with E-state index >= 15 is 0 Å². The third-order valence-electron chi connectivity index (χ3n) is 0.916. The summed E-state index contributed by atoms with van der Waals surface area (Å²) in [5, 5.41) is 8.23. The number of aliphatic imine (C=N–C) groups is 1. The number of hydrogen-bond donors (Lipinski definition) is 1. The summed E-state index contributed by atoms with van der Waals surface area (Å²) in [4.78, 5) is 23.8. The van der Waals surface area contributed by atoms with Gasteiger partial charge >= 0.3 is 5.91 Å². The Labute approximate surface area is 50.5 Å². The third kappa shape index (κ3) is 0.739. The van der Waals surface area contributed by atoms with E-state index < -0.39 is 11.7 Å². The molecule has 0 unspecified atom stereocenters. The molecule has 4 heteroatoms. The highest BCUT2D eigenvalue weighted by Crippen LogP contribution is 2.00. The summed E-state index contributed by atoms with van der Waals surface area (Å²) in [6, 6.07) is 0. The Morgan fingerprint density at radius 2 is 2.22 bits per heavy atom. The van der Waals surface area contributed by atoms with Crippen LogP contribution in [0, 0.1) is 0 Å². The second-order valence-corrected chi connectivity index (χ2v) is 1.48. The maximum absolute atomic E-state index is 10.4. The van der Waals surface area contributed by atoms with E-state index in [0.717, 1.165) is 6.21 Å². The smallest absolute Gasteiger partial charge is 0.318 e. The molecule has 0 aromatic carbocycles.